The Balaban J connectivity index is 1.75. The second-order valence-corrected chi connectivity index (χ2v) is 5.30. The number of likely N-dealkylation sites (N-methyl/N-ethyl adjacent to an activating group) is 1. The van der Waals surface area contributed by atoms with Crippen molar-refractivity contribution >= 4 is 13.4 Å². The molecular weight excluding hydrogens is 309 g/mol. The predicted octanol–water partition coefficient (Wildman–Crippen LogP) is 1.85. The third-order valence-electron chi connectivity index (χ3n) is 3.42. The zero-order chi connectivity index (χ0) is 17.4. The predicted molar refractivity (Wildman–Crippen MR) is 90.2 cm³/mol. The zero-order valence-corrected chi connectivity index (χ0v) is 13.5. The average Bonchev–Trinajstić information content (AvgIpc) is 2.59. The van der Waals surface area contributed by atoms with E-state index in [2.05, 4.69) is 0 Å². The standard InChI is InChI=1S/C17H20BNO5/c1-19(17(20)23-13-15-5-3-2-4-6-15)12-11-14-7-9-16(10-8-14)24-18(21)22/h2-10,21-22H,11-13H2,1H3. The van der Waals surface area contributed by atoms with Crippen LogP contribution in [-0.4, -0.2) is 42.0 Å². The lowest BCUT2D eigenvalue weighted by molar-refractivity contribution is 0.105. The fraction of sp³-hybridized carbons (Fsp3) is 0.235. The molecule has 0 spiro atoms. The van der Waals surface area contributed by atoms with E-state index in [1.54, 1.807) is 31.3 Å². The van der Waals surface area contributed by atoms with Gasteiger partial charge in [-0.3, -0.25) is 0 Å². The number of hydrogen-bond donors (Lipinski definition) is 2. The Morgan fingerprint density at radius 2 is 1.71 bits per heavy atom. The minimum atomic E-state index is -1.83. The van der Waals surface area contributed by atoms with E-state index in [9.17, 15) is 4.79 Å². The lowest BCUT2D eigenvalue weighted by Crippen LogP contribution is -2.29. The molecule has 126 valence electrons. The molecule has 0 fully saturated rings. The van der Waals surface area contributed by atoms with Gasteiger partial charge in [0.15, 0.2) is 0 Å². The maximum Gasteiger partial charge on any atom is 0.707 e. The number of carbonyl (C=O) groups is 1. The molecule has 0 aliphatic heterocycles. The van der Waals surface area contributed by atoms with Gasteiger partial charge in [-0.25, -0.2) is 4.79 Å². The first kappa shape index (κ1) is 17.8. The molecule has 1 amide bonds. The van der Waals surface area contributed by atoms with Crippen molar-refractivity contribution in [2.24, 2.45) is 0 Å². The van der Waals surface area contributed by atoms with Crippen LogP contribution in [0.25, 0.3) is 0 Å². The molecule has 0 saturated heterocycles. The molecule has 0 saturated carbocycles. The van der Waals surface area contributed by atoms with Crippen LogP contribution in [0.5, 0.6) is 5.75 Å². The molecule has 0 heterocycles. The molecule has 0 unspecified atom stereocenters. The Morgan fingerprint density at radius 3 is 2.33 bits per heavy atom. The summed E-state index contributed by atoms with van der Waals surface area (Å²) < 4.78 is 9.99. The Labute approximate surface area is 141 Å². The lowest BCUT2D eigenvalue weighted by Gasteiger charge is -2.17. The molecule has 2 rings (SSSR count). The Kier molecular flexibility index (Phi) is 6.66. The van der Waals surface area contributed by atoms with E-state index in [0.717, 1.165) is 11.1 Å². The van der Waals surface area contributed by atoms with Gasteiger partial charge in [0, 0.05) is 13.6 Å². The minimum Gasteiger partial charge on any atom is -0.512 e. The Hall–Kier alpha value is -2.51. The van der Waals surface area contributed by atoms with Gasteiger partial charge in [0.05, 0.1) is 0 Å². The normalized spacial score (nSPS) is 10.1. The minimum absolute atomic E-state index is 0.250. The van der Waals surface area contributed by atoms with Gasteiger partial charge in [-0.1, -0.05) is 42.5 Å². The molecular formula is C17H20BNO5. The highest BCUT2D eigenvalue weighted by Crippen LogP contribution is 2.13. The Bertz CT molecular complexity index is 633. The van der Waals surface area contributed by atoms with Crippen molar-refractivity contribution in [1.29, 1.82) is 0 Å². The van der Waals surface area contributed by atoms with Crippen molar-refractivity contribution in [1.82, 2.24) is 4.90 Å². The molecule has 0 aliphatic carbocycles. The van der Waals surface area contributed by atoms with Crippen molar-refractivity contribution in [3.05, 3.63) is 65.7 Å². The molecule has 24 heavy (non-hydrogen) atoms. The van der Waals surface area contributed by atoms with Crippen molar-refractivity contribution in [2.45, 2.75) is 13.0 Å². The van der Waals surface area contributed by atoms with E-state index in [0.29, 0.717) is 18.7 Å². The first-order valence-corrected chi connectivity index (χ1v) is 7.58. The summed E-state index contributed by atoms with van der Waals surface area (Å²) in [6, 6.07) is 16.4. The summed E-state index contributed by atoms with van der Waals surface area (Å²) in [6.07, 6.45) is 0.279. The van der Waals surface area contributed by atoms with Gasteiger partial charge >= 0.3 is 13.4 Å². The van der Waals surface area contributed by atoms with E-state index in [1.165, 1.54) is 4.90 Å². The second-order valence-electron chi connectivity index (χ2n) is 5.30. The quantitative estimate of drug-likeness (QED) is 0.758. The lowest BCUT2D eigenvalue weighted by atomic mass is 10.1. The maximum absolute atomic E-state index is 11.9. The fourth-order valence-electron chi connectivity index (χ4n) is 2.07. The van der Waals surface area contributed by atoms with Crippen LogP contribution in [0.1, 0.15) is 11.1 Å². The SMILES string of the molecule is CN(CCc1ccc(OB(O)O)cc1)C(=O)OCc1ccccc1. The number of amides is 1. The van der Waals surface area contributed by atoms with Crippen molar-refractivity contribution in [3.63, 3.8) is 0 Å². The number of ether oxygens (including phenoxy) is 1. The summed E-state index contributed by atoms with van der Waals surface area (Å²) in [7, 11) is -0.145. The van der Waals surface area contributed by atoms with Crippen molar-refractivity contribution in [2.75, 3.05) is 13.6 Å². The molecule has 0 atom stereocenters. The van der Waals surface area contributed by atoms with Gasteiger partial charge in [0.25, 0.3) is 0 Å². The molecule has 7 heteroatoms. The smallest absolute Gasteiger partial charge is 0.512 e. The van der Waals surface area contributed by atoms with Crippen LogP contribution in [0.3, 0.4) is 0 Å². The zero-order valence-electron chi connectivity index (χ0n) is 13.5. The van der Waals surface area contributed by atoms with Crippen molar-refractivity contribution < 1.29 is 24.2 Å². The topological polar surface area (TPSA) is 79.2 Å². The molecule has 2 N–H and O–H groups in total. The summed E-state index contributed by atoms with van der Waals surface area (Å²) in [5.74, 6) is 0.365. The van der Waals surface area contributed by atoms with Gasteiger partial charge in [0.2, 0.25) is 0 Å². The average molecular weight is 329 g/mol. The summed E-state index contributed by atoms with van der Waals surface area (Å²) >= 11 is 0. The van der Waals surface area contributed by atoms with Crippen LogP contribution < -0.4 is 4.65 Å². The van der Waals surface area contributed by atoms with Crippen LogP contribution in [0.2, 0.25) is 0 Å². The van der Waals surface area contributed by atoms with Gasteiger partial charge in [-0.15, -0.1) is 0 Å². The molecule has 2 aromatic carbocycles. The number of nitrogens with zero attached hydrogens (tertiary/aromatic N) is 1. The summed E-state index contributed by atoms with van der Waals surface area (Å²) in [5, 5.41) is 17.4. The van der Waals surface area contributed by atoms with Crippen LogP contribution in [0.15, 0.2) is 54.6 Å². The third kappa shape index (κ3) is 5.94. The van der Waals surface area contributed by atoms with Crippen LogP contribution in [-0.2, 0) is 17.8 Å². The highest BCUT2D eigenvalue weighted by molar-refractivity contribution is 6.33. The van der Waals surface area contributed by atoms with Crippen LogP contribution in [0, 0.1) is 0 Å². The van der Waals surface area contributed by atoms with E-state index in [1.807, 2.05) is 30.3 Å². The summed E-state index contributed by atoms with van der Waals surface area (Å²) in [6.45, 7) is 0.760. The van der Waals surface area contributed by atoms with Crippen molar-refractivity contribution in [3.8, 4) is 5.75 Å². The van der Waals surface area contributed by atoms with E-state index >= 15 is 0 Å². The number of hydrogen-bond acceptors (Lipinski definition) is 5. The van der Waals surface area contributed by atoms with Crippen LogP contribution in [0.4, 0.5) is 4.79 Å². The van der Waals surface area contributed by atoms with Gasteiger partial charge < -0.3 is 24.3 Å². The first-order chi connectivity index (χ1) is 11.5. The number of benzene rings is 2. The van der Waals surface area contributed by atoms with E-state index in [-0.39, 0.29) is 12.7 Å². The molecule has 6 nitrogen and oxygen atoms in total. The Morgan fingerprint density at radius 1 is 1.04 bits per heavy atom. The molecule has 0 aromatic heterocycles. The summed E-state index contributed by atoms with van der Waals surface area (Å²) in [5.41, 5.74) is 1.94. The van der Waals surface area contributed by atoms with Gasteiger partial charge in [-0.05, 0) is 29.7 Å². The fourth-order valence-corrected chi connectivity index (χ4v) is 2.07. The molecule has 2 aromatic rings. The van der Waals surface area contributed by atoms with E-state index in [4.69, 9.17) is 19.4 Å². The molecule has 0 aliphatic rings. The third-order valence-corrected chi connectivity index (χ3v) is 3.42. The molecule has 0 bridgehead atoms. The summed E-state index contributed by atoms with van der Waals surface area (Å²) in [4.78, 5) is 13.5. The number of carbonyl (C=O) groups excluding carboxylic acids is 1. The highest BCUT2D eigenvalue weighted by Gasteiger charge is 2.12. The first-order valence-electron chi connectivity index (χ1n) is 7.58. The largest absolute Gasteiger partial charge is 0.707 e. The van der Waals surface area contributed by atoms with E-state index < -0.39 is 7.32 Å². The van der Waals surface area contributed by atoms with Gasteiger partial charge in [0.1, 0.15) is 12.4 Å². The van der Waals surface area contributed by atoms with Gasteiger partial charge in [-0.2, -0.15) is 0 Å². The number of rotatable bonds is 7. The second kappa shape index (κ2) is 8.95. The van der Waals surface area contributed by atoms with Crippen LogP contribution >= 0.6 is 0 Å². The monoisotopic (exact) mass is 329 g/mol. The highest BCUT2D eigenvalue weighted by atomic mass is 16.6. The molecule has 0 radical (unpaired) electrons. The maximum atomic E-state index is 11.9.